The Kier molecular flexibility index (Phi) is 7.47. The van der Waals surface area contributed by atoms with Crippen molar-refractivity contribution < 1.29 is 31.0 Å². The minimum absolute atomic E-state index is 0.00574. The van der Waals surface area contributed by atoms with E-state index in [4.69, 9.17) is 29.2 Å². The van der Waals surface area contributed by atoms with Crippen LogP contribution in [0.3, 0.4) is 0 Å². The third kappa shape index (κ3) is 5.44. The molecule has 2 unspecified atom stereocenters. The van der Waals surface area contributed by atoms with Crippen LogP contribution >= 0.6 is 0 Å². The van der Waals surface area contributed by atoms with E-state index >= 15 is 0 Å². The molecule has 0 aromatic carbocycles. The van der Waals surface area contributed by atoms with E-state index in [1.807, 2.05) is 13.1 Å². The average Bonchev–Trinajstić information content (AvgIpc) is 3.35. The van der Waals surface area contributed by atoms with E-state index in [0.29, 0.717) is 0 Å². The van der Waals surface area contributed by atoms with E-state index in [1.165, 1.54) is 10.9 Å². The molecular weight excluding hydrogens is 535 g/mol. The highest BCUT2D eigenvalue weighted by Crippen LogP contribution is 2.52. The first-order valence-electron chi connectivity index (χ1n) is 12.2. The normalized spacial score (nSPS) is 28.6. The summed E-state index contributed by atoms with van der Waals surface area (Å²) in [5.74, 6) is -0.766. The minimum Gasteiger partial charge on any atom is -0.414 e. The lowest BCUT2D eigenvalue weighted by atomic mass is 9.89. The summed E-state index contributed by atoms with van der Waals surface area (Å²) >= 11 is 0. The van der Waals surface area contributed by atoms with Gasteiger partial charge in [-0.2, -0.15) is 8.42 Å². The van der Waals surface area contributed by atoms with Gasteiger partial charge in [0.1, 0.15) is 12.2 Å². The van der Waals surface area contributed by atoms with E-state index in [-0.39, 0.29) is 28.1 Å². The largest absolute Gasteiger partial charge is 0.414 e. The van der Waals surface area contributed by atoms with Crippen LogP contribution in [0, 0.1) is 0 Å². The summed E-state index contributed by atoms with van der Waals surface area (Å²) in [6, 6.07) is 0. The van der Waals surface area contributed by atoms with Gasteiger partial charge in [0.05, 0.1) is 23.9 Å². The second-order valence-electron chi connectivity index (χ2n) is 12.8. The molecule has 15 heteroatoms. The fraction of sp³-hybridized carbons (Fsp3) is 0.773. The summed E-state index contributed by atoms with van der Waals surface area (Å²) in [6.45, 7) is 20.7. The minimum atomic E-state index is -4.14. The van der Waals surface area contributed by atoms with Crippen molar-refractivity contribution in [2.45, 2.75) is 102 Å². The lowest BCUT2D eigenvalue weighted by molar-refractivity contribution is -0.0595. The van der Waals surface area contributed by atoms with Crippen LogP contribution in [0.25, 0.3) is 0 Å². The Morgan fingerprint density at radius 3 is 2.14 bits per heavy atom. The van der Waals surface area contributed by atoms with Crippen LogP contribution in [0.4, 0.5) is 0 Å². The highest BCUT2D eigenvalue weighted by Gasteiger charge is 2.67. The van der Waals surface area contributed by atoms with Crippen LogP contribution in [-0.4, -0.2) is 70.4 Å². The molecule has 0 radical (unpaired) electrons. The molecule has 1 spiro atoms. The maximum atomic E-state index is 12.7. The third-order valence-corrected chi connectivity index (χ3v) is 18.1. The van der Waals surface area contributed by atoms with Crippen LogP contribution in [0.2, 0.25) is 36.3 Å². The van der Waals surface area contributed by atoms with E-state index in [1.54, 1.807) is 0 Å². The number of nitrogens with two attached hydrogens (primary N) is 2. The second kappa shape index (κ2) is 9.24. The van der Waals surface area contributed by atoms with Crippen LogP contribution in [0.15, 0.2) is 17.3 Å². The summed E-state index contributed by atoms with van der Waals surface area (Å²) in [7, 11) is -8.99. The quantitative estimate of drug-likeness (QED) is 0.364. The zero-order valence-corrected chi connectivity index (χ0v) is 26.2. The van der Waals surface area contributed by atoms with Gasteiger partial charge in [-0.15, -0.1) is 5.10 Å². The molecule has 3 heterocycles. The van der Waals surface area contributed by atoms with Gasteiger partial charge in [-0.1, -0.05) is 46.8 Å². The topological polar surface area (TPSA) is 171 Å². The summed E-state index contributed by atoms with van der Waals surface area (Å²) in [5.41, 5.74) is 9.99. The fourth-order valence-electron chi connectivity index (χ4n) is 3.72. The summed E-state index contributed by atoms with van der Waals surface area (Å²) in [6.07, 6.45) is -1.69. The lowest BCUT2D eigenvalue weighted by Gasteiger charge is -2.43. The molecular formula is C22H41N5O7SSi2. The smallest absolute Gasteiger partial charge is 0.292 e. The highest BCUT2D eigenvalue weighted by molar-refractivity contribution is 7.90. The molecule has 4 N–H and O–H groups in total. The summed E-state index contributed by atoms with van der Waals surface area (Å²) < 4.78 is 52.2. The zero-order valence-electron chi connectivity index (χ0n) is 23.4. The number of amides is 1. The molecule has 2 aliphatic rings. The fourth-order valence-corrected chi connectivity index (χ4v) is 7.22. The number of nitrogens with zero attached hydrogens (tertiary/aromatic N) is 3. The molecule has 1 aromatic rings. The van der Waals surface area contributed by atoms with Crippen molar-refractivity contribution in [1.82, 2.24) is 15.0 Å². The number of hydrogen-bond donors (Lipinski definition) is 2. The van der Waals surface area contributed by atoms with Crippen molar-refractivity contribution in [3.63, 3.8) is 0 Å². The van der Waals surface area contributed by atoms with E-state index in [9.17, 15) is 13.2 Å². The molecule has 37 heavy (non-hydrogen) atoms. The first-order chi connectivity index (χ1) is 16.5. The standard InChI is InChI=1S/C22H41N5O7SSi2/c1-20(2,3)36(7,8)31-12-16-22(15(23)13-35(29,30)34-22)17(33-37(9,10)21(4,5)6)19(32-16)27-11-14(18(24)28)25-26-27/h11,13,16-17,19H,12,23H2,1-10H3,(H2,24,28)/t16?,17-,19+,22?/m0/s1. The van der Waals surface area contributed by atoms with Gasteiger partial charge < -0.3 is 25.1 Å². The molecule has 4 atom stereocenters. The molecule has 3 rings (SSSR count). The number of primary amides is 1. The van der Waals surface area contributed by atoms with Gasteiger partial charge in [-0.3, -0.25) is 4.79 Å². The van der Waals surface area contributed by atoms with Crippen molar-refractivity contribution in [1.29, 1.82) is 0 Å². The van der Waals surface area contributed by atoms with E-state index in [0.717, 1.165) is 5.41 Å². The SMILES string of the molecule is CC(C)(C)[Si](C)(C)OCC1O[C@@H](n2cc(C(N)=O)nn2)[C@H](O[Si](C)(C)C(C)(C)C)C12OS(=O)(=O)C=C2N. The molecule has 0 saturated carbocycles. The average molecular weight is 576 g/mol. The van der Waals surface area contributed by atoms with Crippen molar-refractivity contribution in [3.8, 4) is 0 Å². The van der Waals surface area contributed by atoms with Crippen LogP contribution in [-0.2, 0) is 27.9 Å². The Morgan fingerprint density at radius 2 is 1.70 bits per heavy atom. The molecule has 0 aliphatic carbocycles. The predicted octanol–water partition coefficient (Wildman–Crippen LogP) is 2.59. The highest BCUT2D eigenvalue weighted by atomic mass is 32.2. The maximum Gasteiger partial charge on any atom is 0.292 e. The van der Waals surface area contributed by atoms with Crippen LogP contribution in [0.5, 0.6) is 0 Å². The van der Waals surface area contributed by atoms with Gasteiger partial charge in [0.2, 0.25) is 0 Å². The zero-order chi connectivity index (χ0) is 28.4. The predicted molar refractivity (Wildman–Crippen MR) is 143 cm³/mol. The van der Waals surface area contributed by atoms with E-state index < -0.39 is 56.7 Å². The Bertz CT molecular complexity index is 1190. The monoisotopic (exact) mass is 575 g/mol. The van der Waals surface area contributed by atoms with Gasteiger partial charge >= 0.3 is 0 Å². The Balaban J connectivity index is 2.16. The Morgan fingerprint density at radius 1 is 1.14 bits per heavy atom. The lowest BCUT2D eigenvalue weighted by Crippen LogP contribution is -2.59. The molecule has 0 bridgehead atoms. The van der Waals surface area contributed by atoms with Gasteiger partial charge in [0.25, 0.3) is 16.0 Å². The van der Waals surface area contributed by atoms with E-state index in [2.05, 4.69) is 64.9 Å². The Labute approximate surface area is 221 Å². The van der Waals surface area contributed by atoms with Crippen LogP contribution < -0.4 is 11.5 Å². The van der Waals surface area contributed by atoms with Crippen molar-refractivity contribution >= 4 is 32.7 Å². The number of carbonyl (C=O) groups excluding carboxylic acids is 1. The van der Waals surface area contributed by atoms with Gasteiger partial charge in [-0.25, -0.2) is 8.86 Å². The third-order valence-electron chi connectivity index (χ3n) is 8.09. The Hall–Kier alpha value is -1.63. The summed E-state index contributed by atoms with van der Waals surface area (Å²) in [5, 5.41) is 8.41. The van der Waals surface area contributed by atoms with Gasteiger partial charge in [0.15, 0.2) is 34.2 Å². The van der Waals surface area contributed by atoms with Crippen molar-refractivity contribution in [2.24, 2.45) is 11.5 Å². The molecule has 12 nitrogen and oxygen atoms in total. The number of hydrogen-bond acceptors (Lipinski definition) is 10. The number of aromatic nitrogens is 3. The molecule has 1 aromatic heterocycles. The number of rotatable bonds is 7. The number of ether oxygens (including phenoxy) is 1. The molecule has 1 fully saturated rings. The first kappa shape index (κ1) is 29.9. The molecule has 2 aliphatic heterocycles. The maximum absolute atomic E-state index is 12.7. The van der Waals surface area contributed by atoms with Crippen molar-refractivity contribution in [3.05, 3.63) is 23.0 Å². The summed E-state index contributed by atoms with van der Waals surface area (Å²) in [4.78, 5) is 11.7. The molecule has 1 amide bonds. The van der Waals surface area contributed by atoms with Crippen molar-refractivity contribution in [2.75, 3.05) is 6.61 Å². The molecule has 210 valence electrons. The molecule has 1 saturated heterocycles. The first-order valence-corrected chi connectivity index (χ1v) is 19.4. The van der Waals surface area contributed by atoms with Gasteiger partial charge in [0, 0.05) is 0 Å². The second-order valence-corrected chi connectivity index (χ2v) is 23.7. The van der Waals surface area contributed by atoms with Gasteiger partial charge in [-0.05, 0) is 36.3 Å². The number of carbonyl (C=O) groups is 1. The van der Waals surface area contributed by atoms with Crippen LogP contribution in [0.1, 0.15) is 58.3 Å².